The fraction of sp³-hybridized carbons (Fsp3) is 0.125. The molecule has 106 valence electrons. The normalized spacial score (nSPS) is 11.1. The van der Waals surface area contributed by atoms with Crippen LogP contribution in [0.3, 0.4) is 0 Å². The highest BCUT2D eigenvalue weighted by Crippen LogP contribution is 2.17. The lowest BCUT2D eigenvalue weighted by atomic mass is 10.2. The first-order valence-corrected chi connectivity index (χ1v) is 6.64. The van der Waals surface area contributed by atoms with E-state index in [-0.39, 0.29) is 0 Å². The second kappa shape index (κ2) is 5.66. The lowest BCUT2D eigenvalue weighted by Crippen LogP contribution is -2.08. The zero-order valence-electron chi connectivity index (χ0n) is 11.9. The quantitative estimate of drug-likeness (QED) is 0.588. The minimum absolute atomic E-state index is 0.386. The van der Waals surface area contributed by atoms with Gasteiger partial charge in [0.05, 0.1) is 6.21 Å². The van der Waals surface area contributed by atoms with Gasteiger partial charge >= 0.3 is 6.01 Å². The molecule has 3 rings (SSSR count). The van der Waals surface area contributed by atoms with Crippen LogP contribution in [0.5, 0.6) is 0 Å². The van der Waals surface area contributed by atoms with E-state index in [1.165, 1.54) is 0 Å². The Bertz CT molecular complexity index is 726. The zero-order chi connectivity index (χ0) is 14.7. The summed E-state index contributed by atoms with van der Waals surface area (Å²) in [5.74, 6) is 0. The van der Waals surface area contributed by atoms with Gasteiger partial charge in [-0.2, -0.15) is 10.1 Å². The largest absolute Gasteiger partial charge is 0.422 e. The average Bonchev–Trinajstić information content (AvgIpc) is 2.90. The van der Waals surface area contributed by atoms with Crippen molar-refractivity contribution in [2.75, 3.05) is 24.4 Å². The molecule has 0 amide bonds. The maximum absolute atomic E-state index is 5.51. The van der Waals surface area contributed by atoms with Crippen LogP contribution in [0.1, 0.15) is 5.56 Å². The van der Waals surface area contributed by atoms with Gasteiger partial charge in [0.2, 0.25) is 0 Å². The summed E-state index contributed by atoms with van der Waals surface area (Å²) in [6.07, 6.45) is 1.73. The number of nitrogens with zero attached hydrogens (tertiary/aromatic N) is 3. The third kappa shape index (κ3) is 3.02. The van der Waals surface area contributed by atoms with Crippen LogP contribution < -0.4 is 10.3 Å². The molecule has 0 saturated carbocycles. The van der Waals surface area contributed by atoms with Crippen LogP contribution in [0.4, 0.5) is 11.7 Å². The van der Waals surface area contributed by atoms with Crippen LogP contribution in [0, 0.1) is 0 Å². The van der Waals surface area contributed by atoms with Gasteiger partial charge in [0.15, 0.2) is 5.58 Å². The first kappa shape index (κ1) is 13.2. The van der Waals surface area contributed by atoms with E-state index >= 15 is 0 Å². The van der Waals surface area contributed by atoms with Crippen molar-refractivity contribution in [3.8, 4) is 0 Å². The maximum atomic E-state index is 5.51. The molecule has 0 bridgehead atoms. The van der Waals surface area contributed by atoms with Gasteiger partial charge in [-0.3, -0.25) is 0 Å². The molecule has 1 N–H and O–H groups in total. The van der Waals surface area contributed by atoms with Crippen molar-refractivity contribution in [2.24, 2.45) is 5.10 Å². The molecule has 0 aliphatic rings. The minimum atomic E-state index is 0.386. The van der Waals surface area contributed by atoms with Crippen molar-refractivity contribution in [3.05, 3.63) is 54.1 Å². The number of hydrogen-bond acceptors (Lipinski definition) is 5. The van der Waals surface area contributed by atoms with Crippen molar-refractivity contribution in [1.29, 1.82) is 0 Å². The number of fused-ring (bicyclic) bond motifs is 1. The van der Waals surface area contributed by atoms with Crippen molar-refractivity contribution in [1.82, 2.24) is 4.98 Å². The summed E-state index contributed by atoms with van der Waals surface area (Å²) < 4.78 is 5.51. The predicted octanol–water partition coefficient (Wildman–Crippen LogP) is 3.34. The summed E-state index contributed by atoms with van der Waals surface area (Å²) in [6.45, 7) is 0. The lowest BCUT2D eigenvalue weighted by molar-refractivity contribution is 0.617. The number of rotatable bonds is 4. The summed E-state index contributed by atoms with van der Waals surface area (Å²) >= 11 is 0. The molecule has 1 aromatic heterocycles. The minimum Gasteiger partial charge on any atom is -0.422 e. The highest BCUT2D eigenvalue weighted by Gasteiger charge is 2.02. The van der Waals surface area contributed by atoms with Gasteiger partial charge in [-0.1, -0.05) is 24.3 Å². The topological polar surface area (TPSA) is 53.7 Å². The van der Waals surface area contributed by atoms with E-state index in [2.05, 4.69) is 20.4 Å². The molecular weight excluding hydrogens is 264 g/mol. The molecule has 0 radical (unpaired) electrons. The zero-order valence-corrected chi connectivity index (χ0v) is 11.9. The summed E-state index contributed by atoms with van der Waals surface area (Å²) in [5.41, 5.74) is 6.51. The number of para-hydroxylation sites is 2. The van der Waals surface area contributed by atoms with E-state index in [1.807, 2.05) is 62.6 Å². The summed E-state index contributed by atoms with van der Waals surface area (Å²) in [4.78, 5) is 6.34. The Morgan fingerprint density at radius 1 is 1.10 bits per heavy atom. The standard InChI is InChI=1S/C16H16N4O/c1-20(2)13-9-7-12(8-10-13)11-17-19-16-18-14-5-3-4-6-15(14)21-16/h3-11H,1-2H3,(H,18,19). The fourth-order valence-electron chi connectivity index (χ4n) is 1.94. The van der Waals surface area contributed by atoms with Crippen molar-refractivity contribution >= 4 is 29.0 Å². The second-order valence-corrected chi connectivity index (χ2v) is 4.84. The van der Waals surface area contributed by atoms with E-state index in [1.54, 1.807) is 6.21 Å². The average molecular weight is 280 g/mol. The third-order valence-electron chi connectivity index (χ3n) is 3.08. The molecule has 0 saturated heterocycles. The Balaban J connectivity index is 1.68. The first-order chi connectivity index (χ1) is 10.2. The summed E-state index contributed by atoms with van der Waals surface area (Å²) in [6, 6.07) is 16.1. The number of hydrogen-bond donors (Lipinski definition) is 1. The highest BCUT2D eigenvalue weighted by atomic mass is 16.4. The van der Waals surface area contributed by atoms with Crippen molar-refractivity contribution in [3.63, 3.8) is 0 Å². The van der Waals surface area contributed by atoms with Crippen LogP contribution in [0.15, 0.2) is 58.0 Å². The van der Waals surface area contributed by atoms with Gasteiger partial charge in [-0.05, 0) is 29.8 Å². The van der Waals surface area contributed by atoms with Crippen LogP contribution in [0.2, 0.25) is 0 Å². The Hall–Kier alpha value is -2.82. The van der Waals surface area contributed by atoms with E-state index in [9.17, 15) is 0 Å². The van der Waals surface area contributed by atoms with Crippen LogP contribution >= 0.6 is 0 Å². The number of benzene rings is 2. The highest BCUT2D eigenvalue weighted by molar-refractivity contribution is 5.81. The van der Waals surface area contributed by atoms with E-state index in [0.29, 0.717) is 6.01 Å². The van der Waals surface area contributed by atoms with Gasteiger partial charge in [-0.25, -0.2) is 5.43 Å². The Kier molecular flexibility index (Phi) is 3.55. The lowest BCUT2D eigenvalue weighted by Gasteiger charge is -2.11. The van der Waals surface area contributed by atoms with Crippen LogP contribution in [0.25, 0.3) is 11.1 Å². The van der Waals surface area contributed by atoms with Gasteiger partial charge in [-0.15, -0.1) is 0 Å². The number of aromatic nitrogens is 1. The maximum Gasteiger partial charge on any atom is 0.316 e. The molecule has 0 fully saturated rings. The second-order valence-electron chi connectivity index (χ2n) is 4.84. The molecule has 0 aliphatic carbocycles. The predicted molar refractivity (Wildman–Crippen MR) is 86.0 cm³/mol. The monoisotopic (exact) mass is 280 g/mol. The first-order valence-electron chi connectivity index (χ1n) is 6.64. The van der Waals surface area contributed by atoms with Crippen LogP contribution in [-0.4, -0.2) is 25.3 Å². The third-order valence-corrected chi connectivity index (χ3v) is 3.08. The molecule has 5 nitrogen and oxygen atoms in total. The summed E-state index contributed by atoms with van der Waals surface area (Å²) in [5, 5.41) is 4.14. The molecule has 21 heavy (non-hydrogen) atoms. The molecule has 5 heteroatoms. The summed E-state index contributed by atoms with van der Waals surface area (Å²) in [7, 11) is 4.02. The van der Waals surface area contributed by atoms with Gasteiger partial charge in [0.25, 0.3) is 0 Å². The molecule has 1 heterocycles. The van der Waals surface area contributed by atoms with Crippen molar-refractivity contribution in [2.45, 2.75) is 0 Å². The molecule has 0 atom stereocenters. The fourth-order valence-corrected chi connectivity index (χ4v) is 1.94. The molecule has 0 unspecified atom stereocenters. The van der Waals surface area contributed by atoms with Crippen LogP contribution in [-0.2, 0) is 0 Å². The number of nitrogens with one attached hydrogen (secondary N) is 1. The Labute approximate surface area is 122 Å². The van der Waals surface area contributed by atoms with Crippen molar-refractivity contribution < 1.29 is 4.42 Å². The molecular formula is C16H16N4O. The van der Waals surface area contributed by atoms with E-state index in [0.717, 1.165) is 22.4 Å². The molecule has 2 aromatic carbocycles. The Morgan fingerprint density at radius 2 is 1.86 bits per heavy atom. The smallest absolute Gasteiger partial charge is 0.316 e. The van der Waals surface area contributed by atoms with Gasteiger partial charge < -0.3 is 9.32 Å². The number of anilines is 2. The molecule has 3 aromatic rings. The molecule has 0 aliphatic heterocycles. The van der Waals surface area contributed by atoms with Gasteiger partial charge in [0, 0.05) is 19.8 Å². The molecule has 0 spiro atoms. The Morgan fingerprint density at radius 3 is 2.57 bits per heavy atom. The van der Waals surface area contributed by atoms with E-state index < -0.39 is 0 Å². The number of oxazole rings is 1. The van der Waals surface area contributed by atoms with Gasteiger partial charge in [0.1, 0.15) is 5.52 Å². The van der Waals surface area contributed by atoms with E-state index in [4.69, 9.17) is 4.42 Å². The SMILES string of the molecule is CN(C)c1ccc(C=NNc2nc3ccccc3o2)cc1. The number of hydrazone groups is 1.